The second-order valence-electron chi connectivity index (χ2n) is 8.90. The molecule has 188 valence electrons. The van der Waals surface area contributed by atoms with Crippen molar-refractivity contribution >= 4 is 23.2 Å². The SMILES string of the molecule is O=C(NCc1cccnc1)Nc1ccc(NCc2ccccc2-c2ccnc(N3CCNCC3)c2)cc1. The number of nitrogens with one attached hydrogen (secondary N) is 4. The summed E-state index contributed by atoms with van der Waals surface area (Å²) >= 11 is 0. The predicted molar refractivity (Wildman–Crippen MR) is 149 cm³/mol. The highest BCUT2D eigenvalue weighted by Gasteiger charge is 2.13. The van der Waals surface area contributed by atoms with Crippen LogP contribution in [0.25, 0.3) is 11.1 Å². The zero-order valence-corrected chi connectivity index (χ0v) is 20.7. The van der Waals surface area contributed by atoms with Crippen LogP contribution in [0.2, 0.25) is 0 Å². The van der Waals surface area contributed by atoms with Crippen molar-refractivity contribution in [1.29, 1.82) is 0 Å². The Morgan fingerprint density at radius 1 is 0.892 bits per heavy atom. The van der Waals surface area contributed by atoms with E-state index in [9.17, 15) is 4.79 Å². The van der Waals surface area contributed by atoms with E-state index in [1.54, 1.807) is 12.4 Å². The van der Waals surface area contributed by atoms with Gasteiger partial charge in [-0.1, -0.05) is 30.3 Å². The minimum atomic E-state index is -0.254. The molecule has 1 saturated heterocycles. The van der Waals surface area contributed by atoms with E-state index in [0.29, 0.717) is 13.1 Å². The molecule has 8 nitrogen and oxygen atoms in total. The second kappa shape index (κ2) is 12.0. The zero-order chi connectivity index (χ0) is 25.3. The highest BCUT2D eigenvalue weighted by molar-refractivity contribution is 5.89. The molecule has 1 aliphatic rings. The molecule has 0 spiro atoms. The number of urea groups is 1. The average Bonchev–Trinajstić information content (AvgIpc) is 2.97. The van der Waals surface area contributed by atoms with Crippen molar-refractivity contribution in [3.63, 3.8) is 0 Å². The van der Waals surface area contributed by atoms with Gasteiger partial charge in [-0.2, -0.15) is 0 Å². The maximum atomic E-state index is 12.2. The van der Waals surface area contributed by atoms with E-state index < -0.39 is 0 Å². The molecular formula is C29H31N7O. The average molecular weight is 494 g/mol. The van der Waals surface area contributed by atoms with Gasteiger partial charge >= 0.3 is 6.03 Å². The third-order valence-electron chi connectivity index (χ3n) is 6.32. The molecule has 0 saturated carbocycles. The number of hydrogen-bond acceptors (Lipinski definition) is 6. The maximum absolute atomic E-state index is 12.2. The summed E-state index contributed by atoms with van der Waals surface area (Å²) in [6.45, 7) is 5.01. The van der Waals surface area contributed by atoms with Crippen LogP contribution in [0.3, 0.4) is 0 Å². The van der Waals surface area contributed by atoms with Crippen LogP contribution in [-0.2, 0) is 13.1 Å². The van der Waals surface area contributed by atoms with E-state index in [0.717, 1.165) is 54.5 Å². The van der Waals surface area contributed by atoms with E-state index in [-0.39, 0.29) is 6.03 Å². The topological polar surface area (TPSA) is 94.2 Å². The Morgan fingerprint density at radius 3 is 2.51 bits per heavy atom. The quantitative estimate of drug-likeness (QED) is 0.289. The zero-order valence-electron chi connectivity index (χ0n) is 20.7. The molecule has 3 heterocycles. The van der Waals surface area contributed by atoms with Crippen LogP contribution < -0.4 is 26.2 Å². The van der Waals surface area contributed by atoms with Crippen LogP contribution in [0.1, 0.15) is 11.1 Å². The van der Waals surface area contributed by atoms with Crippen molar-refractivity contribution in [2.45, 2.75) is 13.1 Å². The van der Waals surface area contributed by atoms with Gasteiger partial charge in [0.15, 0.2) is 0 Å². The fourth-order valence-electron chi connectivity index (χ4n) is 4.34. The number of anilines is 3. The van der Waals surface area contributed by atoms with Gasteiger partial charge in [0.1, 0.15) is 5.82 Å². The van der Waals surface area contributed by atoms with Gasteiger partial charge in [0.05, 0.1) is 0 Å². The van der Waals surface area contributed by atoms with Crippen molar-refractivity contribution in [3.05, 3.63) is 103 Å². The van der Waals surface area contributed by atoms with Crippen LogP contribution in [0, 0.1) is 0 Å². The number of aromatic nitrogens is 2. The summed E-state index contributed by atoms with van der Waals surface area (Å²) in [4.78, 5) is 23.2. The van der Waals surface area contributed by atoms with Gasteiger partial charge in [-0.05, 0) is 64.7 Å². The first-order valence-corrected chi connectivity index (χ1v) is 12.5. The van der Waals surface area contributed by atoms with Crippen LogP contribution in [-0.4, -0.2) is 42.2 Å². The van der Waals surface area contributed by atoms with Gasteiger partial charge < -0.3 is 26.2 Å². The highest BCUT2D eigenvalue weighted by atomic mass is 16.2. The monoisotopic (exact) mass is 493 g/mol. The van der Waals surface area contributed by atoms with Crippen LogP contribution in [0.5, 0.6) is 0 Å². The number of benzene rings is 2. The lowest BCUT2D eigenvalue weighted by molar-refractivity contribution is 0.251. The minimum absolute atomic E-state index is 0.254. The van der Waals surface area contributed by atoms with E-state index in [4.69, 9.17) is 0 Å². The number of nitrogens with zero attached hydrogens (tertiary/aromatic N) is 3. The molecule has 2 amide bonds. The van der Waals surface area contributed by atoms with Crippen molar-refractivity contribution < 1.29 is 4.79 Å². The van der Waals surface area contributed by atoms with Gasteiger partial charge in [-0.3, -0.25) is 4.98 Å². The number of carbonyl (C=O) groups excluding carboxylic acids is 1. The van der Waals surface area contributed by atoms with Gasteiger partial charge in [-0.15, -0.1) is 0 Å². The van der Waals surface area contributed by atoms with E-state index >= 15 is 0 Å². The fourth-order valence-corrected chi connectivity index (χ4v) is 4.34. The Balaban J connectivity index is 1.19. The van der Waals surface area contributed by atoms with Crippen LogP contribution >= 0.6 is 0 Å². The summed E-state index contributed by atoms with van der Waals surface area (Å²) in [6.07, 6.45) is 5.34. The van der Waals surface area contributed by atoms with Gasteiger partial charge in [-0.25, -0.2) is 9.78 Å². The molecule has 0 atom stereocenters. The minimum Gasteiger partial charge on any atom is -0.381 e. The number of pyridine rings is 2. The smallest absolute Gasteiger partial charge is 0.319 e. The highest BCUT2D eigenvalue weighted by Crippen LogP contribution is 2.27. The number of hydrogen-bond donors (Lipinski definition) is 4. The van der Waals surface area contributed by atoms with E-state index in [1.807, 2.05) is 42.6 Å². The van der Waals surface area contributed by atoms with E-state index in [2.05, 4.69) is 72.5 Å². The van der Waals surface area contributed by atoms with Crippen molar-refractivity contribution in [2.24, 2.45) is 0 Å². The number of piperazine rings is 1. The summed E-state index contributed by atoms with van der Waals surface area (Å²) in [7, 11) is 0. The number of rotatable bonds is 8. The summed E-state index contributed by atoms with van der Waals surface area (Å²) in [5, 5.41) is 12.6. The molecule has 2 aromatic carbocycles. The molecule has 37 heavy (non-hydrogen) atoms. The normalized spacial score (nSPS) is 13.1. The molecule has 5 rings (SSSR count). The van der Waals surface area contributed by atoms with Gasteiger partial charge in [0.2, 0.25) is 0 Å². The van der Waals surface area contributed by atoms with Crippen molar-refractivity contribution in [1.82, 2.24) is 20.6 Å². The fraction of sp³-hybridized carbons (Fsp3) is 0.207. The third-order valence-corrected chi connectivity index (χ3v) is 6.32. The molecule has 0 aliphatic carbocycles. The number of amides is 2. The Hall–Kier alpha value is -4.43. The molecule has 8 heteroatoms. The molecule has 4 N–H and O–H groups in total. The largest absolute Gasteiger partial charge is 0.381 e. The van der Waals surface area contributed by atoms with E-state index in [1.165, 1.54) is 11.1 Å². The first-order valence-electron chi connectivity index (χ1n) is 12.5. The molecule has 0 unspecified atom stereocenters. The molecular weight excluding hydrogens is 462 g/mol. The van der Waals surface area contributed by atoms with Crippen LogP contribution in [0.15, 0.2) is 91.4 Å². The summed E-state index contributed by atoms with van der Waals surface area (Å²) in [5.74, 6) is 1.02. The Kier molecular flexibility index (Phi) is 7.88. The lowest BCUT2D eigenvalue weighted by Gasteiger charge is -2.28. The molecule has 2 aromatic heterocycles. The Morgan fingerprint density at radius 2 is 1.70 bits per heavy atom. The molecule has 0 radical (unpaired) electrons. The molecule has 0 bridgehead atoms. The molecule has 1 aliphatic heterocycles. The van der Waals surface area contributed by atoms with Gasteiger partial charge in [0, 0.05) is 69.2 Å². The Labute approximate surface area is 217 Å². The summed E-state index contributed by atoms with van der Waals surface area (Å²) in [6, 6.07) is 23.9. The van der Waals surface area contributed by atoms with Crippen molar-refractivity contribution in [2.75, 3.05) is 41.7 Å². The Bertz CT molecular complexity index is 1310. The van der Waals surface area contributed by atoms with Gasteiger partial charge in [0.25, 0.3) is 0 Å². The second-order valence-corrected chi connectivity index (χ2v) is 8.90. The molecule has 4 aromatic rings. The third kappa shape index (κ3) is 6.62. The maximum Gasteiger partial charge on any atom is 0.319 e. The van der Waals surface area contributed by atoms with Crippen molar-refractivity contribution in [3.8, 4) is 11.1 Å². The lowest BCUT2D eigenvalue weighted by Crippen LogP contribution is -2.43. The predicted octanol–water partition coefficient (Wildman–Crippen LogP) is 4.49. The standard InChI is InChI=1S/C29H31N7O/c37-29(34-20-22-4-3-12-31-19-22)35-26-9-7-25(8-10-26)33-21-24-5-1-2-6-27(24)23-11-13-32-28(18-23)36-16-14-30-15-17-36/h1-13,18-19,30,33H,14-17,20-21H2,(H2,34,35,37). The first-order chi connectivity index (χ1) is 18.2. The summed E-state index contributed by atoms with van der Waals surface area (Å²) < 4.78 is 0. The van der Waals surface area contributed by atoms with Crippen LogP contribution in [0.4, 0.5) is 22.0 Å². The lowest BCUT2D eigenvalue weighted by atomic mass is 10.00. The first kappa shape index (κ1) is 24.3. The summed E-state index contributed by atoms with van der Waals surface area (Å²) in [5.41, 5.74) is 6.22. The number of carbonyl (C=O) groups is 1. The molecule has 1 fully saturated rings.